The molecular weight excluding hydrogens is 242 g/mol. The first-order chi connectivity index (χ1) is 11.7. The van der Waals surface area contributed by atoms with E-state index in [2.05, 4.69) is 11.9 Å². The highest BCUT2D eigenvalue weighted by molar-refractivity contribution is 5.43. The summed E-state index contributed by atoms with van der Waals surface area (Å²) in [4.78, 5) is 2.51. The molecule has 1 saturated heterocycles. The minimum absolute atomic E-state index is 0.129. The second kappa shape index (κ2) is 4.59. The van der Waals surface area contributed by atoms with Gasteiger partial charge < -0.3 is 4.90 Å². The fourth-order valence-corrected chi connectivity index (χ4v) is 5.27. The summed E-state index contributed by atoms with van der Waals surface area (Å²) in [5.41, 5.74) is 3.01. The molecule has 1 aromatic rings. The quantitative estimate of drug-likeness (QED) is 0.750. The van der Waals surface area contributed by atoms with Crippen molar-refractivity contribution in [3.63, 3.8) is 0 Å². The third-order valence-corrected chi connectivity index (χ3v) is 6.26. The summed E-state index contributed by atoms with van der Waals surface area (Å²) in [5, 5.41) is 0. The first-order valence-electron chi connectivity index (χ1n) is 10.5. The van der Waals surface area contributed by atoms with E-state index in [4.69, 9.17) is 6.85 Å². The van der Waals surface area contributed by atoms with E-state index in [-0.39, 0.29) is 5.41 Å². The predicted octanol–water partition coefficient (Wildman–Crippen LogP) is 3.94. The van der Waals surface area contributed by atoms with E-state index in [9.17, 15) is 0 Å². The van der Waals surface area contributed by atoms with Gasteiger partial charge in [-0.25, -0.2) is 0 Å². The van der Waals surface area contributed by atoms with Gasteiger partial charge in [0.1, 0.15) is 0 Å². The molecule has 1 unspecified atom stereocenters. The number of benzene rings is 1. The molecule has 0 radical (unpaired) electrons. The molecule has 1 aromatic carbocycles. The van der Waals surface area contributed by atoms with Crippen LogP contribution < -0.4 is 0 Å². The molecule has 1 aliphatic heterocycles. The van der Waals surface area contributed by atoms with Crippen LogP contribution in [-0.4, -0.2) is 24.5 Å². The Hall–Kier alpha value is -0.820. The molecule has 1 heterocycles. The number of likely N-dealkylation sites (N-methyl/N-ethyl adjacent to an activating group) is 1. The summed E-state index contributed by atoms with van der Waals surface area (Å²) in [5.74, 6) is 0.626. The van der Waals surface area contributed by atoms with Crippen molar-refractivity contribution in [3.8, 4) is 0 Å². The van der Waals surface area contributed by atoms with Gasteiger partial charge >= 0.3 is 0 Å². The zero-order chi connectivity index (χ0) is 18.0. The first kappa shape index (κ1) is 8.58. The highest BCUT2D eigenvalue weighted by atomic mass is 15.1. The van der Waals surface area contributed by atoms with Gasteiger partial charge in [-0.15, -0.1) is 0 Å². The van der Waals surface area contributed by atoms with Gasteiger partial charge in [0.2, 0.25) is 0 Å². The normalized spacial score (nSPS) is 41.4. The first-order valence-corrected chi connectivity index (χ1v) is 8.01. The van der Waals surface area contributed by atoms with Crippen molar-refractivity contribution >= 4 is 0 Å². The lowest BCUT2D eigenvalue weighted by atomic mass is 9.52. The Morgan fingerprint density at radius 1 is 1.40 bits per heavy atom. The van der Waals surface area contributed by atoms with Crippen LogP contribution >= 0.6 is 0 Å². The molecule has 2 bridgehead atoms. The van der Waals surface area contributed by atoms with E-state index in [0.29, 0.717) is 17.5 Å². The summed E-state index contributed by atoms with van der Waals surface area (Å²) in [6.07, 6.45) is 4.73. The molecule has 4 rings (SSSR count). The molecule has 2 aliphatic carbocycles. The lowest BCUT2D eigenvalue weighted by Crippen LogP contribution is -2.59. The molecule has 1 nitrogen and oxygen atoms in total. The van der Waals surface area contributed by atoms with E-state index >= 15 is 0 Å². The average Bonchev–Trinajstić information content (AvgIpc) is 2.56. The van der Waals surface area contributed by atoms with Gasteiger partial charge in [-0.2, -0.15) is 0 Å². The number of fused-ring (bicyclic) bond motifs is 1. The van der Waals surface area contributed by atoms with Crippen molar-refractivity contribution in [2.75, 3.05) is 13.6 Å². The number of hydrogen-bond acceptors (Lipinski definition) is 1. The topological polar surface area (TPSA) is 3.24 Å². The summed E-state index contributed by atoms with van der Waals surface area (Å²) in [7, 11) is 2.23. The summed E-state index contributed by atoms with van der Waals surface area (Å²) >= 11 is 0. The van der Waals surface area contributed by atoms with Gasteiger partial charge in [-0.3, -0.25) is 0 Å². The van der Waals surface area contributed by atoms with Crippen LogP contribution in [0.15, 0.2) is 18.2 Å². The van der Waals surface area contributed by atoms with Gasteiger partial charge in [-0.05, 0) is 68.3 Å². The van der Waals surface area contributed by atoms with Crippen LogP contribution in [0.5, 0.6) is 0 Å². The van der Waals surface area contributed by atoms with Gasteiger partial charge in [0, 0.05) is 18.3 Å². The van der Waals surface area contributed by atoms with Gasteiger partial charge in [0.15, 0.2) is 0 Å². The molecule has 3 aliphatic rings. The molecule has 0 aromatic heterocycles. The van der Waals surface area contributed by atoms with Crippen molar-refractivity contribution in [2.45, 2.75) is 63.2 Å². The Kier molecular flexibility index (Phi) is 1.97. The molecular formula is C19H27N. The van der Waals surface area contributed by atoms with E-state index in [1.54, 1.807) is 6.07 Å². The van der Waals surface area contributed by atoms with E-state index < -0.39 is 13.2 Å². The fraction of sp³-hybridized carbons (Fsp3) is 0.684. The smallest absolute Gasteiger partial charge is 0.0313 e. The molecule has 20 heavy (non-hydrogen) atoms. The van der Waals surface area contributed by atoms with Gasteiger partial charge in [0.25, 0.3) is 0 Å². The molecule has 0 amide bonds. The van der Waals surface area contributed by atoms with Crippen molar-refractivity contribution in [1.82, 2.24) is 4.90 Å². The number of piperidine rings is 1. The second-order valence-corrected chi connectivity index (χ2v) is 7.01. The van der Waals surface area contributed by atoms with Crippen molar-refractivity contribution in [2.24, 2.45) is 5.92 Å². The Morgan fingerprint density at radius 3 is 3.25 bits per heavy atom. The van der Waals surface area contributed by atoms with Crippen molar-refractivity contribution in [1.29, 1.82) is 0 Å². The molecule has 0 N–H and O–H groups in total. The van der Waals surface area contributed by atoms with Crippen LogP contribution in [0.2, 0.25) is 0 Å². The van der Waals surface area contributed by atoms with Crippen molar-refractivity contribution < 1.29 is 6.85 Å². The summed E-state index contributed by atoms with van der Waals surface area (Å²) in [6, 6.07) is 6.21. The molecule has 1 heteroatoms. The average molecular weight is 274 g/mol. The molecule has 2 fully saturated rings. The maximum Gasteiger partial charge on any atom is 0.0313 e. The maximum absolute atomic E-state index is 8.17. The van der Waals surface area contributed by atoms with Crippen molar-refractivity contribution in [3.05, 3.63) is 34.9 Å². The van der Waals surface area contributed by atoms with Crippen LogP contribution in [0.1, 0.15) is 62.5 Å². The summed E-state index contributed by atoms with van der Waals surface area (Å²) < 4.78 is 39.2. The van der Waals surface area contributed by atoms with E-state index in [1.165, 1.54) is 30.4 Å². The highest BCUT2D eigenvalue weighted by Gasteiger charge is 2.52. The van der Waals surface area contributed by atoms with Crippen LogP contribution in [0, 0.1) is 5.92 Å². The maximum atomic E-state index is 8.17. The zero-order valence-corrected chi connectivity index (χ0v) is 12.3. The molecule has 3 atom stereocenters. The third kappa shape index (κ3) is 1.65. The third-order valence-electron chi connectivity index (χ3n) is 6.26. The van der Waals surface area contributed by atoms with Gasteiger partial charge in [0.05, 0.1) is 0 Å². The van der Waals surface area contributed by atoms with Crippen LogP contribution in [0.25, 0.3) is 0 Å². The highest BCUT2D eigenvalue weighted by Crippen LogP contribution is 2.55. The van der Waals surface area contributed by atoms with Gasteiger partial charge in [-0.1, -0.05) is 37.9 Å². The van der Waals surface area contributed by atoms with Crippen LogP contribution in [0.4, 0.5) is 0 Å². The minimum atomic E-state index is -2.64. The minimum Gasteiger partial charge on any atom is -0.303 e. The summed E-state index contributed by atoms with van der Waals surface area (Å²) in [6.45, 7) is -1.56. The SMILES string of the molecule is [2H]C([2H])([2H])C([2H])([2H])c1ccc2c(c1)C13CCCC[C@@H]1[C@H](C2)N(C)CC3. The lowest BCUT2D eigenvalue weighted by Gasteiger charge is -2.58. The Labute approximate surface area is 130 Å². The number of aryl methyl sites for hydroxylation is 1. The second-order valence-electron chi connectivity index (χ2n) is 7.01. The van der Waals surface area contributed by atoms with Crippen LogP contribution in [0.3, 0.4) is 0 Å². The molecule has 1 saturated carbocycles. The van der Waals surface area contributed by atoms with Crippen LogP contribution in [-0.2, 0) is 18.2 Å². The molecule has 108 valence electrons. The number of hydrogen-bond donors (Lipinski definition) is 0. The Balaban J connectivity index is 1.85. The Bertz CT molecular complexity index is 683. The largest absolute Gasteiger partial charge is 0.303 e. The fourth-order valence-electron chi connectivity index (χ4n) is 5.27. The van der Waals surface area contributed by atoms with E-state index in [1.807, 2.05) is 12.1 Å². The predicted molar refractivity (Wildman–Crippen MR) is 84.2 cm³/mol. The number of likely N-dealkylation sites (tertiary alicyclic amines) is 1. The number of nitrogens with zero attached hydrogens (tertiary/aromatic N) is 1. The van der Waals surface area contributed by atoms with E-state index in [0.717, 1.165) is 25.8 Å². The number of rotatable bonds is 1. The monoisotopic (exact) mass is 274 g/mol. The lowest BCUT2D eigenvalue weighted by molar-refractivity contribution is 0.00282. The molecule has 0 spiro atoms. The standard InChI is InChI=1S/C19H27N/c1-3-14-7-8-15-13-18-16-6-4-5-9-19(16,17(15)12-14)10-11-20(18)2/h7-8,12,16,18H,3-6,9-11,13H2,1-2H3/t16-,18+,19?/m1/s1/i1D3,3D2. The Morgan fingerprint density at radius 2 is 2.35 bits per heavy atom. The zero-order valence-electron chi connectivity index (χ0n) is 17.3.